The van der Waals surface area contributed by atoms with Crippen molar-refractivity contribution in [3.63, 3.8) is 0 Å². The summed E-state index contributed by atoms with van der Waals surface area (Å²) in [4.78, 5) is 19.2. The van der Waals surface area contributed by atoms with E-state index in [0.717, 1.165) is 25.0 Å². The van der Waals surface area contributed by atoms with Crippen LogP contribution < -0.4 is 5.73 Å². The summed E-state index contributed by atoms with van der Waals surface area (Å²) in [5.41, 5.74) is 5.79. The lowest BCUT2D eigenvalue weighted by Crippen LogP contribution is -2.48. The minimum atomic E-state index is -0.452. The van der Waals surface area contributed by atoms with E-state index in [0.29, 0.717) is 19.6 Å². The van der Waals surface area contributed by atoms with E-state index in [-0.39, 0.29) is 11.7 Å². The van der Waals surface area contributed by atoms with Crippen LogP contribution in [0.5, 0.6) is 0 Å². The lowest BCUT2D eigenvalue weighted by molar-refractivity contribution is -0.0639. The van der Waals surface area contributed by atoms with Crippen molar-refractivity contribution in [2.45, 2.75) is 51.2 Å². The third-order valence-corrected chi connectivity index (χ3v) is 3.46. The first-order valence-corrected chi connectivity index (χ1v) is 6.75. The van der Waals surface area contributed by atoms with Crippen molar-refractivity contribution in [1.29, 1.82) is 0 Å². The van der Waals surface area contributed by atoms with Crippen LogP contribution in [0.4, 0.5) is 4.79 Å². The third-order valence-electron chi connectivity index (χ3n) is 3.46. The van der Waals surface area contributed by atoms with Gasteiger partial charge < -0.3 is 20.2 Å². The van der Waals surface area contributed by atoms with Crippen LogP contribution >= 0.6 is 0 Å². The molecule has 0 atom stereocenters. The molecular formula is C13H23N3O3. The summed E-state index contributed by atoms with van der Waals surface area (Å²) in [5.74, 6) is 0. The molecule has 2 aliphatic heterocycles. The molecule has 1 saturated heterocycles. The van der Waals surface area contributed by atoms with Crippen LogP contribution in [0, 0.1) is 0 Å². The molecule has 0 radical (unpaired) electrons. The first-order chi connectivity index (χ1) is 8.84. The summed E-state index contributed by atoms with van der Waals surface area (Å²) in [6.07, 6.45) is 2.09. The molecule has 2 aliphatic rings. The summed E-state index contributed by atoms with van der Waals surface area (Å²) in [5, 5.41) is 4.02. The van der Waals surface area contributed by atoms with E-state index in [2.05, 4.69) is 5.16 Å². The number of nitrogens with zero attached hydrogens (tertiary/aromatic N) is 2. The number of hydrogen-bond acceptors (Lipinski definition) is 5. The normalized spacial score (nSPS) is 22.1. The van der Waals surface area contributed by atoms with Gasteiger partial charge in [-0.1, -0.05) is 5.16 Å². The van der Waals surface area contributed by atoms with E-state index in [1.165, 1.54) is 0 Å². The van der Waals surface area contributed by atoms with Crippen molar-refractivity contribution >= 4 is 11.8 Å². The van der Waals surface area contributed by atoms with Gasteiger partial charge in [-0.2, -0.15) is 0 Å². The molecule has 0 bridgehead atoms. The van der Waals surface area contributed by atoms with E-state index < -0.39 is 5.60 Å². The number of carbonyl (C=O) groups is 1. The van der Waals surface area contributed by atoms with Gasteiger partial charge >= 0.3 is 6.09 Å². The van der Waals surface area contributed by atoms with E-state index in [4.69, 9.17) is 15.3 Å². The summed E-state index contributed by atoms with van der Waals surface area (Å²) in [6.45, 7) is 7.34. The Morgan fingerprint density at radius 1 is 1.47 bits per heavy atom. The van der Waals surface area contributed by atoms with Crippen molar-refractivity contribution in [3.8, 4) is 0 Å². The van der Waals surface area contributed by atoms with E-state index >= 15 is 0 Å². The van der Waals surface area contributed by atoms with Crippen LogP contribution in [0.15, 0.2) is 5.16 Å². The van der Waals surface area contributed by atoms with Gasteiger partial charge in [-0.15, -0.1) is 0 Å². The fraction of sp³-hybridized carbons (Fsp3) is 0.846. The third kappa shape index (κ3) is 3.37. The molecule has 108 valence electrons. The Bertz CT molecular complexity index is 379. The van der Waals surface area contributed by atoms with Gasteiger partial charge in [0.25, 0.3) is 0 Å². The Hall–Kier alpha value is -1.30. The van der Waals surface area contributed by atoms with Crippen LogP contribution in [0.2, 0.25) is 0 Å². The first-order valence-electron chi connectivity index (χ1n) is 6.75. The predicted octanol–water partition coefficient (Wildman–Crippen LogP) is 1.49. The van der Waals surface area contributed by atoms with Crippen molar-refractivity contribution in [2.24, 2.45) is 10.9 Å². The van der Waals surface area contributed by atoms with Gasteiger partial charge in [0.1, 0.15) is 11.2 Å². The summed E-state index contributed by atoms with van der Waals surface area (Å²) >= 11 is 0. The second-order valence-electron chi connectivity index (χ2n) is 6.28. The number of rotatable bonds is 1. The molecule has 6 heteroatoms. The maximum absolute atomic E-state index is 12.0. The molecule has 0 aromatic heterocycles. The molecule has 2 rings (SSSR count). The zero-order valence-corrected chi connectivity index (χ0v) is 11.9. The molecule has 0 aromatic rings. The van der Waals surface area contributed by atoms with Crippen LogP contribution in [-0.2, 0) is 9.57 Å². The van der Waals surface area contributed by atoms with E-state index in [9.17, 15) is 4.79 Å². The van der Waals surface area contributed by atoms with E-state index in [1.54, 1.807) is 4.90 Å². The molecule has 0 aliphatic carbocycles. The van der Waals surface area contributed by atoms with Crippen LogP contribution in [-0.4, -0.2) is 47.5 Å². The average Bonchev–Trinajstić information content (AvgIpc) is 2.71. The second kappa shape index (κ2) is 5.00. The van der Waals surface area contributed by atoms with Gasteiger partial charge in [-0.3, -0.25) is 0 Å². The van der Waals surface area contributed by atoms with Crippen molar-refractivity contribution in [3.05, 3.63) is 0 Å². The van der Waals surface area contributed by atoms with Gasteiger partial charge in [-0.25, -0.2) is 4.79 Å². The molecule has 1 fully saturated rings. The second-order valence-corrected chi connectivity index (χ2v) is 6.28. The number of oxime groups is 1. The number of piperidine rings is 1. The standard InChI is InChI=1S/C13H23N3O3/c1-12(2,3)18-11(17)16-6-4-13(5-7-16)8-10(9-14)15-19-13/h4-9,14H2,1-3H3. The highest BCUT2D eigenvalue weighted by Crippen LogP contribution is 2.34. The average molecular weight is 269 g/mol. The summed E-state index contributed by atoms with van der Waals surface area (Å²) in [7, 11) is 0. The number of carbonyl (C=O) groups excluding carboxylic acids is 1. The minimum absolute atomic E-state index is 0.243. The topological polar surface area (TPSA) is 77.2 Å². The molecular weight excluding hydrogens is 246 g/mol. The molecule has 0 unspecified atom stereocenters. The smallest absolute Gasteiger partial charge is 0.410 e. The fourth-order valence-corrected chi connectivity index (χ4v) is 2.40. The van der Waals surface area contributed by atoms with Gasteiger partial charge in [0.15, 0.2) is 0 Å². The van der Waals surface area contributed by atoms with Gasteiger partial charge in [0.05, 0.1) is 5.71 Å². The number of likely N-dealkylation sites (tertiary alicyclic amines) is 1. The Balaban J connectivity index is 1.85. The van der Waals surface area contributed by atoms with Crippen molar-refractivity contribution in [1.82, 2.24) is 4.90 Å². The number of amides is 1. The molecule has 2 N–H and O–H groups in total. The molecule has 2 heterocycles. The van der Waals surface area contributed by atoms with Gasteiger partial charge in [0, 0.05) is 38.9 Å². The minimum Gasteiger partial charge on any atom is -0.444 e. The SMILES string of the molecule is CC(C)(C)OC(=O)N1CCC2(CC1)CC(CN)=NO2. The maximum Gasteiger partial charge on any atom is 0.410 e. The van der Waals surface area contributed by atoms with Crippen LogP contribution in [0.3, 0.4) is 0 Å². The van der Waals surface area contributed by atoms with Crippen LogP contribution in [0.25, 0.3) is 0 Å². The van der Waals surface area contributed by atoms with Gasteiger partial charge in [-0.05, 0) is 20.8 Å². The first kappa shape index (κ1) is 14.1. The monoisotopic (exact) mass is 269 g/mol. The lowest BCUT2D eigenvalue weighted by Gasteiger charge is -2.37. The molecule has 1 amide bonds. The highest BCUT2D eigenvalue weighted by atomic mass is 16.7. The Morgan fingerprint density at radius 2 is 2.11 bits per heavy atom. The summed E-state index contributed by atoms with van der Waals surface area (Å²) in [6, 6.07) is 0. The molecule has 0 saturated carbocycles. The van der Waals surface area contributed by atoms with Crippen molar-refractivity contribution < 1.29 is 14.4 Å². The van der Waals surface area contributed by atoms with E-state index in [1.807, 2.05) is 20.8 Å². The lowest BCUT2D eigenvalue weighted by atomic mass is 9.87. The molecule has 19 heavy (non-hydrogen) atoms. The molecule has 1 spiro atoms. The highest BCUT2D eigenvalue weighted by Gasteiger charge is 2.43. The zero-order chi connectivity index (χ0) is 14.1. The van der Waals surface area contributed by atoms with Crippen LogP contribution in [0.1, 0.15) is 40.0 Å². The number of hydrogen-bond donors (Lipinski definition) is 1. The Labute approximate surface area is 113 Å². The molecule has 6 nitrogen and oxygen atoms in total. The quantitative estimate of drug-likeness (QED) is 0.782. The number of ether oxygens (including phenoxy) is 1. The largest absolute Gasteiger partial charge is 0.444 e. The Morgan fingerprint density at radius 3 is 2.58 bits per heavy atom. The molecule has 0 aromatic carbocycles. The fourth-order valence-electron chi connectivity index (χ4n) is 2.40. The Kier molecular flexibility index (Phi) is 3.71. The zero-order valence-electron chi connectivity index (χ0n) is 11.9. The summed E-state index contributed by atoms with van der Waals surface area (Å²) < 4.78 is 5.37. The highest BCUT2D eigenvalue weighted by molar-refractivity contribution is 5.87. The maximum atomic E-state index is 12.0. The van der Waals surface area contributed by atoms with Crippen molar-refractivity contribution in [2.75, 3.05) is 19.6 Å². The number of nitrogens with two attached hydrogens (primary N) is 1. The predicted molar refractivity (Wildman–Crippen MR) is 72.0 cm³/mol. The van der Waals surface area contributed by atoms with Gasteiger partial charge in [0.2, 0.25) is 0 Å².